The predicted octanol–water partition coefficient (Wildman–Crippen LogP) is 2.42. The number of rotatable bonds is 1. The summed E-state index contributed by atoms with van der Waals surface area (Å²) >= 11 is 1.39. The van der Waals surface area contributed by atoms with Gasteiger partial charge in [0.2, 0.25) is 0 Å². The number of nitrogens with one attached hydrogen (secondary N) is 1. The molecular weight excluding hydrogens is 329 g/mol. The molecule has 0 spiro atoms. The van der Waals surface area contributed by atoms with Crippen molar-refractivity contribution in [3.63, 3.8) is 0 Å². The van der Waals surface area contributed by atoms with Gasteiger partial charge >= 0.3 is 0 Å². The minimum Gasteiger partial charge on any atom is -0.375 e. The Morgan fingerprint density at radius 2 is 2.29 bits per heavy atom. The molecule has 4 rings (SSSR count). The molecule has 120 valence electrons. The molecule has 0 saturated carbocycles. The molecule has 0 atom stereocenters. The molecule has 0 bridgehead atoms. The molecule has 1 aliphatic heterocycles. The van der Waals surface area contributed by atoms with Crippen molar-refractivity contribution in [3.8, 4) is 6.07 Å². The number of fused-ring (bicyclic) bond motifs is 2. The number of benzene rings is 1. The lowest BCUT2D eigenvalue weighted by molar-refractivity contribution is 0.0731. The van der Waals surface area contributed by atoms with E-state index in [2.05, 4.69) is 9.97 Å². The molecule has 0 radical (unpaired) electrons. The second-order valence-corrected chi connectivity index (χ2v) is 6.72. The third-order valence-corrected chi connectivity index (χ3v) is 5.00. The zero-order valence-electron chi connectivity index (χ0n) is 12.5. The number of aromatic nitrogens is 2. The quantitative estimate of drug-likeness (QED) is 0.710. The number of hydrogen-bond acceptors (Lipinski definition) is 5. The zero-order valence-corrected chi connectivity index (χ0v) is 13.3. The largest absolute Gasteiger partial charge is 0.375 e. The fourth-order valence-corrected chi connectivity index (χ4v) is 3.86. The first-order valence-corrected chi connectivity index (χ1v) is 8.12. The molecular formula is C16H12FN5OS. The number of nitrogens with zero attached hydrogens (tertiary/aromatic N) is 3. The van der Waals surface area contributed by atoms with Crippen molar-refractivity contribution in [1.29, 1.82) is 5.26 Å². The van der Waals surface area contributed by atoms with Gasteiger partial charge in [0.1, 0.15) is 11.5 Å². The summed E-state index contributed by atoms with van der Waals surface area (Å²) in [5, 5.41) is 10.2. The van der Waals surface area contributed by atoms with Crippen LogP contribution in [0.25, 0.3) is 10.9 Å². The summed E-state index contributed by atoms with van der Waals surface area (Å²) in [6.07, 6.45) is 0.660. The maximum absolute atomic E-state index is 13.5. The summed E-state index contributed by atoms with van der Waals surface area (Å²) in [5.41, 5.74) is 7.66. The van der Waals surface area contributed by atoms with Gasteiger partial charge in [-0.2, -0.15) is 5.26 Å². The van der Waals surface area contributed by atoms with E-state index in [1.807, 2.05) is 6.07 Å². The van der Waals surface area contributed by atoms with Crippen molar-refractivity contribution in [1.82, 2.24) is 14.9 Å². The molecule has 2 aromatic heterocycles. The van der Waals surface area contributed by atoms with Crippen LogP contribution < -0.4 is 5.73 Å². The molecule has 3 heterocycles. The van der Waals surface area contributed by atoms with Crippen LogP contribution >= 0.6 is 11.3 Å². The van der Waals surface area contributed by atoms with Crippen LogP contribution in [0.5, 0.6) is 0 Å². The van der Waals surface area contributed by atoms with E-state index < -0.39 is 5.82 Å². The minimum atomic E-state index is -0.511. The number of hydrogen-bond donors (Lipinski definition) is 2. The SMILES string of the molecule is N#Cc1cc(F)cc2[nH]c(C(=O)N3CCc4nc(N)sc4C3)cc12. The lowest BCUT2D eigenvalue weighted by atomic mass is 10.1. The van der Waals surface area contributed by atoms with Gasteiger partial charge in [-0.15, -0.1) is 11.3 Å². The van der Waals surface area contributed by atoms with Gasteiger partial charge in [0.15, 0.2) is 5.13 Å². The van der Waals surface area contributed by atoms with Crippen molar-refractivity contribution in [2.45, 2.75) is 13.0 Å². The molecule has 0 unspecified atom stereocenters. The molecule has 3 aromatic rings. The third kappa shape index (κ3) is 2.30. The molecule has 24 heavy (non-hydrogen) atoms. The van der Waals surface area contributed by atoms with Crippen LogP contribution in [0.3, 0.4) is 0 Å². The van der Waals surface area contributed by atoms with E-state index in [1.165, 1.54) is 17.4 Å². The summed E-state index contributed by atoms with van der Waals surface area (Å²) in [5.74, 6) is -0.698. The highest BCUT2D eigenvalue weighted by molar-refractivity contribution is 7.15. The van der Waals surface area contributed by atoms with E-state index >= 15 is 0 Å². The summed E-state index contributed by atoms with van der Waals surface area (Å²) in [7, 11) is 0. The first kappa shape index (κ1) is 14.7. The lowest BCUT2D eigenvalue weighted by Crippen LogP contribution is -2.35. The topological polar surface area (TPSA) is 98.8 Å². The van der Waals surface area contributed by atoms with E-state index in [-0.39, 0.29) is 11.5 Å². The molecule has 1 aliphatic rings. The van der Waals surface area contributed by atoms with E-state index in [9.17, 15) is 9.18 Å². The highest BCUT2D eigenvalue weighted by atomic mass is 32.1. The van der Waals surface area contributed by atoms with E-state index in [1.54, 1.807) is 11.0 Å². The van der Waals surface area contributed by atoms with E-state index in [4.69, 9.17) is 11.0 Å². The normalized spacial score (nSPS) is 13.8. The monoisotopic (exact) mass is 341 g/mol. The number of nitrogen functional groups attached to an aromatic ring is 1. The number of thiazole rings is 1. The van der Waals surface area contributed by atoms with Crippen molar-refractivity contribution in [3.05, 3.63) is 45.8 Å². The highest BCUT2D eigenvalue weighted by Crippen LogP contribution is 2.28. The van der Waals surface area contributed by atoms with Gasteiger partial charge in [0.05, 0.1) is 29.4 Å². The molecule has 0 fully saturated rings. The average molecular weight is 341 g/mol. The number of carbonyl (C=O) groups is 1. The number of nitriles is 1. The summed E-state index contributed by atoms with van der Waals surface area (Å²) in [6, 6.07) is 6.00. The molecule has 1 aromatic carbocycles. The third-order valence-electron chi connectivity index (χ3n) is 4.09. The fraction of sp³-hybridized carbons (Fsp3) is 0.188. The smallest absolute Gasteiger partial charge is 0.270 e. The first-order chi connectivity index (χ1) is 11.5. The van der Waals surface area contributed by atoms with Crippen LogP contribution in [0.15, 0.2) is 18.2 Å². The Labute approximate surface area is 140 Å². The van der Waals surface area contributed by atoms with Crippen molar-refractivity contribution < 1.29 is 9.18 Å². The lowest BCUT2D eigenvalue weighted by Gasteiger charge is -2.25. The number of nitrogens with two attached hydrogens (primary N) is 1. The number of aromatic amines is 1. The maximum Gasteiger partial charge on any atom is 0.270 e. The first-order valence-electron chi connectivity index (χ1n) is 7.31. The Morgan fingerprint density at radius 3 is 3.08 bits per heavy atom. The average Bonchev–Trinajstić information content (AvgIpc) is 3.14. The van der Waals surface area contributed by atoms with Gasteiger partial charge < -0.3 is 15.6 Å². The Morgan fingerprint density at radius 1 is 1.46 bits per heavy atom. The van der Waals surface area contributed by atoms with E-state index in [0.29, 0.717) is 41.2 Å². The molecule has 0 saturated heterocycles. The van der Waals surface area contributed by atoms with Crippen LogP contribution in [-0.2, 0) is 13.0 Å². The second kappa shape index (κ2) is 5.32. The highest BCUT2D eigenvalue weighted by Gasteiger charge is 2.25. The van der Waals surface area contributed by atoms with Gasteiger partial charge in [0, 0.05) is 23.2 Å². The summed E-state index contributed by atoms with van der Waals surface area (Å²) in [4.78, 5) is 22.6. The van der Waals surface area contributed by atoms with Crippen LogP contribution in [-0.4, -0.2) is 27.3 Å². The summed E-state index contributed by atoms with van der Waals surface area (Å²) in [6.45, 7) is 1.00. The van der Waals surface area contributed by atoms with Gasteiger partial charge in [-0.25, -0.2) is 9.37 Å². The van der Waals surface area contributed by atoms with Crippen LogP contribution in [0.4, 0.5) is 9.52 Å². The van der Waals surface area contributed by atoms with Gasteiger partial charge in [-0.1, -0.05) is 0 Å². The standard InChI is InChI=1S/C16H12FN5OS/c17-9-3-8(6-18)10-5-13(20-12(10)4-9)15(23)22-2-1-11-14(7-22)24-16(19)21-11/h3-5,20H,1-2,7H2,(H2,19,21). The van der Waals surface area contributed by atoms with Crippen molar-refractivity contribution in [2.24, 2.45) is 0 Å². The Kier molecular flexibility index (Phi) is 3.25. The number of carbonyl (C=O) groups excluding carboxylic acids is 1. The van der Waals surface area contributed by atoms with Gasteiger partial charge in [0.25, 0.3) is 5.91 Å². The molecule has 1 amide bonds. The summed E-state index contributed by atoms with van der Waals surface area (Å²) < 4.78 is 13.5. The van der Waals surface area contributed by atoms with Crippen LogP contribution in [0.1, 0.15) is 26.6 Å². The Balaban J connectivity index is 1.68. The van der Waals surface area contributed by atoms with Crippen molar-refractivity contribution >= 4 is 33.3 Å². The zero-order chi connectivity index (χ0) is 16.8. The van der Waals surface area contributed by atoms with Crippen molar-refractivity contribution in [2.75, 3.05) is 12.3 Å². The fourth-order valence-electron chi connectivity index (χ4n) is 2.97. The number of amides is 1. The van der Waals surface area contributed by atoms with Gasteiger partial charge in [-0.05, 0) is 18.2 Å². The van der Waals surface area contributed by atoms with Crippen LogP contribution in [0, 0.1) is 17.1 Å². The van der Waals surface area contributed by atoms with Gasteiger partial charge in [-0.3, -0.25) is 4.79 Å². The number of anilines is 1. The predicted molar refractivity (Wildman–Crippen MR) is 87.9 cm³/mol. The molecule has 8 heteroatoms. The van der Waals surface area contributed by atoms with Crippen LogP contribution in [0.2, 0.25) is 0 Å². The molecule has 0 aliphatic carbocycles. The Hall–Kier alpha value is -2.92. The van der Waals surface area contributed by atoms with E-state index in [0.717, 1.165) is 16.6 Å². The minimum absolute atomic E-state index is 0.187. The number of halogens is 1. The maximum atomic E-state index is 13.5. The molecule has 6 nitrogen and oxygen atoms in total. The second-order valence-electron chi connectivity index (χ2n) is 5.61. The Bertz CT molecular complexity index is 1020. The number of H-pyrrole nitrogens is 1. The molecule has 3 N–H and O–H groups in total.